The molecule has 1 unspecified atom stereocenters. The van der Waals surface area contributed by atoms with Crippen molar-refractivity contribution in [2.75, 3.05) is 25.0 Å². The van der Waals surface area contributed by atoms with Crippen LogP contribution in [-0.4, -0.2) is 63.6 Å². The fourth-order valence-corrected chi connectivity index (χ4v) is 4.09. The number of piperidine rings is 1. The zero-order chi connectivity index (χ0) is 22.5. The van der Waals surface area contributed by atoms with Gasteiger partial charge in [0.25, 0.3) is 0 Å². The molecular weight excluding hydrogens is 394 g/mol. The molecule has 0 aliphatic carbocycles. The summed E-state index contributed by atoms with van der Waals surface area (Å²) in [5.41, 5.74) is 0.529. The van der Waals surface area contributed by atoms with E-state index in [0.29, 0.717) is 36.9 Å². The van der Waals surface area contributed by atoms with E-state index >= 15 is 0 Å². The largest absolute Gasteiger partial charge is 0.354 e. The number of fused-ring (bicyclic) bond motifs is 1. The van der Waals surface area contributed by atoms with Crippen molar-refractivity contribution >= 4 is 28.8 Å². The van der Waals surface area contributed by atoms with Crippen LogP contribution in [-0.2, 0) is 4.79 Å². The Morgan fingerprint density at radius 1 is 1.48 bits per heavy atom. The van der Waals surface area contributed by atoms with Gasteiger partial charge in [0, 0.05) is 32.4 Å². The average molecular weight is 424 g/mol. The van der Waals surface area contributed by atoms with Gasteiger partial charge in [0.05, 0.1) is 17.5 Å². The highest BCUT2D eigenvalue weighted by Gasteiger charge is 2.32. The molecule has 3 atom stereocenters. The van der Waals surface area contributed by atoms with Gasteiger partial charge in [0.15, 0.2) is 5.65 Å². The van der Waals surface area contributed by atoms with Crippen LogP contribution in [0.4, 0.5) is 10.6 Å². The lowest BCUT2D eigenvalue weighted by molar-refractivity contribution is -0.131. The molecule has 9 nitrogen and oxygen atoms in total. The predicted octanol–water partition coefficient (Wildman–Crippen LogP) is 2.54. The average Bonchev–Trinajstić information content (AvgIpc) is 3.18. The Labute approximate surface area is 182 Å². The summed E-state index contributed by atoms with van der Waals surface area (Å²) in [6.45, 7) is 8.97. The van der Waals surface area contributed by atoms with E-state index in [-0.39, 0.29) is 30.4 Å². The number of nitriles is 1. The first-order valence-electron chi connectivity index (χ1n) is 10.5. The maximum absolute atomic E-state index is 12.7. The summed E-state index contributed by atoms with van der Waals surface area (Å²) >= 11 is 0. The van der Waals surface area contributed by atoms with Gasteiger partial charge in [-0.1, -0.05) is 13.0 Å². The molecule has 1 N–H and O–H groups in total. The van der Waals surface area contributed by atoms with Crippen LogP contribution >= 0.6 is 0 Å². The van der Waals surface area contributed by atoms with Gasteiger partial charge < -0.3 is 15.1 Å². The molecule has 1 saturated heterocycles. The first-order chi connectivity index (χ1) is 14.9. The Kier molecular flexibility index (Phi) is 6.90. The van der Waals surface area contributed by atoms with E-state index in [2.05, 4.69) is 33.7 Å². The third-order valence-corrected chi connectivity index (χ3v) is 5.90. The van der Waals surface area contributed by atoms with Crippen LogP contribution in [0, 0.1) is 17.2 Å². The molecule has 0 radical (unpaired) electrons. The minimum absolute atomic E-state index is 0.0357. The molecule has 2 aromatic rings. The van der Waals surface area contributed by atoms with Crippen molar-refractivity contribution in [1.29, 1.82) is 5.26 Å². The van der Waals surface area contributed by atoms with Gasteiger partial charge in [0.1, 0.15) is 18.6 Å². The number of anilines is 1. The number of nitrogens with zero attached hydrogens (tertiary/aromatic N) is 6. The monoisotopic (exact) mass is 423 g/mol. The Bertz CT molecular complexity index is 1010. The molecule has 3 heterocycles. The number of likely N-dealkylation sites (N-methyl/N-ethyl adjacent to an activating group) is 1. The summed E-state index contributed by atoms with van der Waals surface area (Å²) < 4.78 is 1.49. The van der Waals surface area contributed by atoms with Gasteiger partial charge in [-0.3, -0.25) is 9.36 Å². The number of hydrogen-bond acceptors (Lipinski definition) is 6. The van der Waals surface area contributed by atoms with Gasteiger partial charge in [-0.05, 0) is 31.7 Å². The van der Waals surface area contributed by atoms with E-state index in [1.54, 1.807) is 17.2 Å². The summed E-state index contributed by atoms with van der Waals surface area (Å²) in [6, 6.07) is 3.53. The van der Waals surface area contributed by atoms with Crippen LogP contribution < -0.4 is 10.2 Å². The zero-order valence-corrected chi connectivity index (χ0v) is 18.3. The van der Waals surface area contributed by atoms with Gasteiger partial charge in [0.2, 0.25) is 5.91 Å². The lowest BCUT2D eigenvalue weighted by Gasteiger charge is -2.42. The lowest BCUT2D eigenvalue weighted by atomic mass is 9.92. The number of aromatic nitrogens is 3. The highest BCUT2D eigenvalue weighted by molar-refractivity contribution is 5.95. The maximum Gasteiger partial charge on any atom is 0.327 e. The quantitative estimate of drug-likeness (QED) is 0.716. The molecular formula is C22H29N7O2. The molecule has 31 heavy (non-hydrogen) atoms. The van der Waals surface area contributed by atoms with Gasteiger partial charge in [-0.25, -0.2) is 14.8 Å². The first-order valence-corrected chi connectivity index (χ1v) is 10.5. The van der Waals surface area contributed by atoms with Crippen molar-refractivity contribution in [2.45, 2.75) is 45.2 Å². The number of carbonyl (C=O) groups is 2. The fourth-order valence-electron chi connectivity index (χ4n) is 4.09. The SMILES string of the molecule is C=CCC(C)NC(=O)n1ccc2c(N(C)[C@H]3CN(C(=O)CC#N)CC[C@H]3C)ncnc21. The molecule has 3 rings (SSSR count). The number of likely N-dealkylation sites (tertiary alicyclic amines) is 1. The molecule has 0 spiro atoms. The van der Waals surface area contributed by atoms with Crippen LogP contribution in [0.2, 0.25) is 0 Å². The summed E-state index contributed by atoms with van der Waals surface area (Å²) in [5.74, 6) is 0.908. The van der Waals surface area contributed by atoms with E-state index in [4.69, 9.17) is 5.26 Å². The Morgan fingerprint density at radius 2 is 2.26 bits per heavy atom. The van der Waals surface area contributed by atoms with Crippen molar-refractivity contribution in [2.24, 2.45) is 5.92 Å². The molecule has 1 aliphatic heterocycles. The first kappa shape index (κ1) is 22.3. The lowest BCUT2D eigenvalue weighted by Crippen LogP contribution is -2.52. The molecule has 1 fully saturated rings. The Balaban J connectivity index is 1.86. The highest BCUT2D eigenvalue weighted by Crippen LogP contribution is 2.29. The normalized spacial score (nSPS) is 19.5. The van der Waals surface area contributed by atoms with Crippen LogP contribution in [0.15, 0.2) is 31.2 Å². The fraction of sp³-hybridized carbons (Fsp3) is 0.500. The minimum Gasteiger partial charge on any atom is -0.354 e. The molecule has 1 aliphatic rings. The van der Waals surface area contributed by atoms with Crippen molar-refractivity contribution < 1.29 is 9.59 Å². The summed E-state index contributed by atoms with van der Waals surface area (Å²) in [5, 5.41) is 12.6. The highest BCUT2D eigenvalue weighted by atomic mass is 16.2. The van der Waals surface area contributed by atoms with Crippen LogP contribution in [0.1, 0.15) is 33.1 Å². The van der Waals surface area contributed by atoms with Gasteiger partial charge in [-0.2, -0.15) is 5.26 Å². The standard InChI is InChI=1S/C22H29N7O2/c1-5-6-16(3)26-22(31)29-12-9-17-20(24-14-25-21(17)29)27(4)18-13-28(11-8-15(18)2)19(30)7-10-23/h5,9,12,14-16,18H,1,6-8,11,13H2,2-4H3,(H,26,31)/t15-,16?,18+/m1/s1. The number of hydrogen-bond donors (Lipinski definition) is 1. The van der Waals surface area contributed by atoms with Crippen LogP contribution in [0.25, 0.3) is 11.0 Å². The third kappa shape index (κ3) is 4.68. The van der Waals surface area contributed by atoms with Crippen LogP contribution in [0.5, 0.6) is 0 Å². The van der Waals surface area contributed by atoms with E-state index in [1.165, 1.54) is 10.9 Å². The number of nitrogens with one attached hydrogen (secondary N) is 1. The zero-order valence-electron chi connectivity index (χ0n) is 18.3. The molecule has 0 aromatic carbocycles. The van der Waals surface area contributed by atoms with Crippen molar-refractivity contribution in [3.05, 3.63) is 31.2 Å². The topological polar surface area (TPSA) is 107 Å². The second kappa shape index (κ2) is 9.60. The van der Waals surface area contributed by atoms with Crippen molar-refractivity contribution in [3.63, 3.8) is 0 Å². The molecule has 0 bridgehead atoms. The number of amides is 2. The van der Waals surface area contributed by atoms with E-state index in [0.717, 1.165) is 11.8 Å². The summed E-state index contributed by atoms with van der Waals surface area (Å²) in [7, 11) is 1.95. The van der Waals surface area contributed by atoms with Gasteiger partial charge in [-0.15, -0.1) is 6.58 Å². The second-order valence-electron chi connectivity index (χ2n) is 8.11. The number of rotatable bonds is 6. The summed E-state index contributed by atoms with van der Waals surface area (Å²) in [6.07, 6.45) is 6.34. The van der Waals surface area contributed by atoms with Crippen molar-refractivity contribution in [3.8, 4) is 6.07 Å². The third-order valence-electron chi connectivity index (χ3n) is 5.90. The predicted molar refractivity (Wildman–Crippen MR) is 119 cm³/mol. The van der Waals surface area contributed by atoms with Gasteiger partial charge >= 0.3 is 6.03 Å². The second-order valence-corrected chi connectivity index (χ2v) is 8.11. The van der Waals surface area contributed by atoms with E-state index in [1.807, 2.05) is 26.1 Å². The Hall–Kier alpha value is -3.41. The Morgan fingerprint density at radius 3 is 2.97 bits per heavy atom. The van der Waals surface area contributed by atoms with E-state index < -0.39 is 0 Å². The smallest absolute Gasteiger partial charge is 0.327 e. The van der Waals surface area contributed by atoms with E-state index in [9.17, 15) is 9.59 Å². The molecule has 9 heteroatoms. The minimum atomic E-state index is -0.254. The molecule has 2 aromatic heterocycles. The molecule has 0 saturated carbocycles. The van der Waals surface area contributed by atoms with Crippen molar-refractivity contribution in [1.82, 2.24) is 24.8 Å². The molecule has 2 amide bonds. The van der Waals surface area contributed by atoms with Crippen LogP contribution in [0.3, 0.4) is 0 Å². The maximum atomic E-state index is 12.7. The number of carbonyl (C=O) groups excluding carboxylic acids is 2. The molecule has 164 valence electrons. The summed E-state index contributed by atoms with van der Waals surface area (Å²) in [4.78, 5) is 37.6.